The van der Waals surface area contributed by atoms with Crippen molar-refractivity contribution in [3.05, 3.63) is 47.8 Å². The molecule has 1 saturated carbocycles. The van der Waals surface area contributed by atoms with E-state index in [0.29, 0.717) is 18.0 Å². The molecule has 1 saturated heterocycles. The summed E-state index contributed by atoms with van der Waals surface area (Å²) in [6.07, 6.45) is 5.72. The molecule has 2 fully saturated rings. The highest BCUT2D eigenvalue weighted by Crippen LogP contribution is 2.34. The number of hydrogen-bond acceptors (Lipinski definition) is 5. The standard InChI is InChI=1S/C25H34N4O3/c1-19-7-5-8-21(26-19)18-28-13-6-14-29(16-15-28)25(30)27-20-11-12-23(31-2)24(17-20)32-22-9-3-4-10-22/h5,7-8,11-12,17,22H,3-4,6,9-10,13-16,18H2,1-2H3,(H,27,30). The molecule has 0 unspecified atom stereocenters. The van der Waals surface area contributed by atoms with E-state index in [1.54, 1.807) is 7.11 Å². The summed E-state index contributed by atoms with van der Waals surface area (Å²) in [4.78, 5) is 21.8. The molecule has 2 aromatic rings. The summed E-state index contributed by atoms with van der Waals surface area (Å²) in [6, 6.07) is 11.7. The van der Waals surface area contributed by atoms with Crippen LogP contribution < -0.4 is 14.8 Å². The quantitative estimate of drug-likeness (QED) is 0.721. The van der Waals surface area contributed by atoms with Gasteiger partial charge < -0.3 is 19.7 Å². The second kappa shape index (κ2) is 10.7. The van der Waals surface area contributed by atoms with Gasteiger partial charge in [-0.1, -0.05) is 6.07 Å². The minimum atomic E-state index is -0.0717. The normalized spacial score (nSPS) is 17.8. The van der Waals surface area contributed by atoms with Crippen LogP contribution in [0.5, 0.6) is 11.5 Å². The van der Waals surface area contributed by atoms with Gasteiger partial charge in [0, 0.05) is 50.2 Å². The van der Waals surface area contributed by atoms with E-state index in [-0.39, 0.29) is 12.1 Å². The lowest BCUT2D eigenvalue weighted by Gasteiger charge is -2.23. The Hall–Kier alpha value is -2.80. The number of nitrogens with zero attached hydrogens (tertiary/aromatic N) is 3. The maximum atomic E-state index is 13.0. The van der Waals surface area contributed by atoms with Crippen molar-refractivity contribution < 1.29 is 14.3 Å². The van der Waals surface area contributed by atoms with Crippen LogP contribution in [0.25, 0.3) is 0 Å². The molecule has 1 aliphatic carbocycles. The first-order chi connectivity index (χ1) is 15.6. The molecule has 32 heavy (non-hydrogen) atoms. The molecule has 0 atom stereocenters. The third kappa shape index (κ3) is 5.91. The Morgan fingerprint density at radius 2 is 1.91 bits per heavy atom. The van der Waals surface area contributed by atoms with Crippen LogP contribution in [0, 0.1) is 6.92 Å². The van der Waals surface area contributed by atoms with Gasteiger partial charge in [-0.25, -0.2) is 4.79 Å². The van der Waals surface area contributed by atoms with Crippen molar-refractivity contribution >= 4 is 11.7 Å². The van der Waals surface area contributed by atoms with Crippen molar-refractivity contribution in [2.24, 2.45) is 0 Å². The van der Waals surface area contributed by atoms with Crippen LogP contribution in [0.3, 0.4) is 0 Å². The number of carbonyl (C=O) groups excluding carboxylic acids is 1. The Labute approximate surface area is 190 Å². The van der Waals surface area contributed by atoms with E-state index in [9.17, 15) is 4.79 Å². The Morgan fingerprint density at radius 1 is 1.06 bits per heavy atom. The van der Waals surface area contributed by atoms with Crippen LogP contribution in [0.15, 0.2) is 36.4 Å². The van der Waals surface area contributed by atoms with Crippen LogP contribution in [0.4, 0.5) is 10.5 Å². The van der Waals surface area contributed by atoms with Gasteiger partial charge in [-0.2, -0.15) is 0 Å². The highest BCUT2D eigenvalue weighted by Gasteiger charge is 2.21. The minimum absolute atomic E-state index is 0.0717. The van der Waals surface area contributed by atoms with Crippen LogP contribution in [-0.2, 0) is 6.54 Å². The molecule has 2 heterocycles. The first-order valence-corrected chi connectivity index (χ1v) is 11.7. The fourth-order valence-corrected chi connectivity index (χ4v) is 4.48. The highest BCUT2D eigenvalue weighted by atomic mass is 16.5. The lowest BCUT2D eigenvalue weighted by molar-refractivity contribution is 0.201. The molecule has 1 aliphatic heterocycles. The first-order valence-electron chi connectivity index (χ1n) is 11.7. The smallest absolute Gasteiger partial charge is 0.321 e. The molecule has 1 aromatic heterocycles. The van der Waals surface area contributed by atoms with E-state index in [0.717, 1.165) is 62.5 Å². The molecule has 4 rings (SSSR count). The number of methoxy groups -OCH3 is 1. The number of rotatable bonds is 6. The molecular formula is C25H34N4O3. The van der Waals surface area contributed by atoms with E-state index in [4.69, 9.17) is 9.47 Å². The van der Waals surface area contributed by atoms with Crippen molar-refractivity contribution in [1.82, 2.24) is 14.8 Å². The number of urea groups is 1. The van der Waals surface area contributed by atoms with E-state index in [1.165, 1.54) is 12.8 Å². The number of hydrogen-bond donors (Lipinski definition) is 1. The highest BCUT2D eigenvalue weighted by molar-refractivity contribution is 5.89. The van der Waals surface area contributed by atoms with Gasteiger partial charge in [0.2, 0.25) is 0 Å². The molecule has 1 aromatic carbocycles. The molecule has 7 heteroatoms. The van der Waals surface area contributed by atoms with Gasteiger partial charge in [-0.15, -0.1) is 0 Å². The van der Waals surface area contributed by atoms with Gasteiger partial charge in [-0.05, 0) is 63.3 Å². The summed E-state index contributed by atoms with van der Waals surface area (Å²) in [5.74, 6) is 1.40. The van der Waals surface area contributed by atoms with E-state index in [1.807, 2.05) is 36.1 Å². The average Bonchev–Trinajstić information content (AvgIpc) is 3.18. The average molecular weight is 439 g/mol. The van der Waals surface area contributed by atoms with Gasteiger partial charge >= 0.3 is 6.03 Å². The maximum Gasteiger partial charge on any atom is 0.321 e. The number of carbonyl (C=O) groups is 1. The molecule has 172 valence electrons. The second-order valence-electron chi connectivity index (χ2n) is 8.71. The molecule has 7 nitrogen and oxygen atoms in total. The van der Waals surface area contributed by atoms with E-state index in [2.05, 4.69) is 27.3 Å². The number of benzene rings is 1. The number of aromatic nitrogens is 1. The molecule has 2 amide bonds. The number of pyridine rings is 1. The zero-order valence-electron chi connectivity index (χ0n) is 19.2. The Morgan fingerprint density at radius 3 is 2.69 bits per heavy atom. The summed E-state index contributed by atoms with van der Waals surface area (Å²) in [5, 5.41) is 3.05. The van der Waals surface area contributed by atoms with Crippen molar-refractivity contribution in [2.75, 3.05) is 38.6 Å². The van der Waals surface area contributed by atoms with Crippen molar-refractivity contribution in [3.63, 3.8) is 0 Å². The number of aryl methyl sites for hydroxylation is 1. The lowest BCUT2D eigenvalue weighted by Crippen LogP contribution is -2.38. The number of ether oxygens (including phenoxy) is 2. The number of anilines is 1. The third-order valence-electron chi connectivity index (χ3n) is 6.22. The molecule has 0 bridgehead atoms. The molecule has 1 N–H and O–H groups in total. The summed E-state index contributed by atoms with van der Waals surface area (Å²) in [5.41, 5.74) is 2.85. The van der Waals surface area contributed by atoms with E-state index < -0.39 is 0 Å². The Kier molecular flexibility index (Phi) is 7.47. The van der Waals surface area contributed by atoms with Crippen molar-refractivity contribution in [3.8, 4) is 11.5 Å². The predicted molar refractivity (Wildman–Crippen MR) is 125 cm³/mol. The van der Waals surface area contributed by atoms with E-state index >= 15 is 0 Å². The van der Waals surface area contributed by atoms with Gasteiger partial charge in [0.1, 0.15) is 0 Å². The first kappa shape index (κ1) is 22.4. The fraction of sp³-hybridized carbons (Fsp3) is 0.520. The van der Waals surface area contributed by atoms with Crippen molar-refractivity contribution in [1.29, 1.82) is 0 Å². The monoisotopic (exact) mass is 438 g/mol. The zero-order valence-corrected chi connectivity index (χ0v) is 19.2. The van der Waals surface area contributed by atoms with Crippen LogP contribution in [-0.4, -0.2) is 60.2 Å². The maximum absolute atomic E-state index is 13.0. The Balaban J connectivity index is 1.34. The van der Waals surface area contributed by atoms with Crippen LogP contribution in [0.1, 0.15) is 43.5 Å². The van der Waals surface area contributed by atoms with Gasteiger partial charge in [0.15, 0.2) is 11.5 Å². The van der Waals surface area contributed by atoms with Gasteiger partial charge in [0.25, 0.3) is 0 Å². The number of nitrogens with one attached hydrogen (secondary N) is 1. The minimum Gasteiger partial charge on any atom is -0.493 e. The zero-order chi connectivity index (χ0) is 22.3. The summed E-state index contributed by atoms with van der Waals surface area (Å²) < 4.78 is 11.6. The topological polar surface area (TPSA) is 66.9 Å². The largest absolute Gasteiger partial charge is 0.493 e. The van der Waals surface area contributed by atoms with Crippen molar-refractivity contribution in [2.45, 2.75) is 51.7 Å². The molecule has 2 aliphatic rings. The summed E-state index contributed by atoms with van der Waals surface area (Å²) in [6.45, 7) is 6.06. The summed E-state index contributed by atoms with van der Waals surface area (Å²) >= 11 is 0. The molecule has 0 spiro atoms. The van der Waals surface area contributed by atoms with Gasteiger partial charge in [-0.3, -0.25) is 9.88 Å². The van der Waals surface area contributed by atoms with Crippen LogP contribution in [0.2, 0.25) is 0 Å². The third-order valence-corrected chi connectivity index (χ3v) is 6.22. The SMILES string of the molecule is COc1ccc(NC(=O)N2CCCN(Cc3cccc(C)n3)CC2)cc1OC1CCCC1. The predicted octanol–water partition coefficient (Wildman–Crippen LogP) is 4.46. The van der Waals surface area contributed by atoms with Gasteiger partial charge in [0.05, 0.1) is 18.9 Å². The Bertz CT molecular complexity index is 914. The fourth-order valence-electron chi connectivity index (χ4n) is 4.48. The summed E-state index contributed by atoms with van der Waals surface area (Å²) in [7, 11) is 1.64. The molecule has 0 radical (unpaired) electrons. The molecular weight excluding hydrogens is 404 g/mol. The second-order valence-corrected chi connectivity index (χ2v) is 8.71. The van der Waals surface area contributed by atoms with Crippen LogP contribution >= 0.6 is 0 Å². The number of amides is 2. The lowest BCUT2D eigenvalue weighted by atomic mass is 10.2.